The maximum atomic E-state index is 13.9. The Balaban J connectivity index is 2.40. The summed E-state index contributed by atoms with van der Waals surface area (Å²) in [6, 6.07) is 3.42. The number of nitrogens with zero attached hydrogens (tertiary/aromatic N) is 1. The molecule has 0 aliphatic rings. The molecule has 6 nitrogen and oxygen atoms in total. The van der Waals surface area contributed by atoms with Gasteiger partial charge in [-0.2, -0.15) is 13.2 Å². The molecule has 2 rings (SSSR count). The maximum Gasteiger partial charge on any atom is 0.417 e. The molecular weight excluding hydrogens is 493 g/mol. The monoisotopic (exact) mass is 520 g/mol. The van der Waals surface area contributed by atoms with Crippen molar-refractivity contribution in [2.24, 2.45) is 0 Å². The van der Waals surface area contributed by atoms with Crippen molar-refractivity contribution in [1.82, 2.24) is 10.3 Å². The van der Waals surface area contributed by atoms with Gasteiger partial charge in [-0.3, -0.25) is 0 Å². The lowest BCUT2D eigenvalue weighted by atomic mass is 10.1. The number of alkyl carbamates (subject to hydrolysis) is 1. The van der Waals surface area contributed by atoms with Gasteiger partial charge >= 0.3 is 12.3 Å². The van der Waals surface area contributed by atoms with E-state index in [1.54, 1.807) is 40.7 Å². The van der Waals surface area contributed by atoms with Crippen molar-refractivity contribution in [3.63, 3.8) is 0 Å². The van der Waals surface area contributed by atoms with Crippen LogP contribution in [0.1, 0.15) is 53.5 Å². The highest BCUT2D eigenvalue weighted by atomic mass is 79.9. The van der Waals surface area contributed by atoms with Crippen LogP contribution in [0.3, 0.4) is 0 Å². The molecule has 0 aliphatic carbocycles. The number of amides is 1. The molecule has 1 N–H and O–H groups in total. The highest BCUT2D eigenvalue weighted by Gasteiger charge is 2.36. The normalized spacial score (nSPS) is 13.2. The topological polar surface area (TPSA) is 69.7 Å². The second kappa shape index (κ2) is 10.1. The number of fused-ring (bicyclic) bond motifs is 1. The fourth-order valence-electron chi connectivity index (χ4n) is 2.83. The quantitative estimate of drug-likeness (QED) is 0.452. The molecular formula is C22H28BrF3N2O4. The van der Waals surface area contributed by atoms with Gasteiger partial charge in [0, 0.05) is 6.07 Å². The molecule has 0 fully saturated rings. The van der Waals surface area contributed by atoms with Crippen LogP contribution in [-0.2, 0) is 10.9 Å². The Bertz CT molecular complexity index is 959. The fourth-order valence-corrected chi connectivity index (χ4v) is 3.28. The molecule has 10 heteroatoms. The molecule has 0 unspecified atom stereocenters. The van der Waals surface area contributed by atoms with Crippen molar-refractivity contribution in [2.75, 3.05) is 6.61 Å². The third kappa shape index (κ3) is 7.15. The summed E-state index contributed by atoms with van der Waals surface area (Å²) in [5, 5.41) is 2.49. The summed E-state index contributed by atoms with van der Waals surface area (Å²) in [7, 11) is 0. The zero-order chi connectivity index (χ0) is 24.3. The first kappa shape index (κ1) is 26.0. The van der Waals surface area contributed by atoms with E-state index in [2.05, 4.69) is 26.2 Å². The zero-order valence-electron chi connectivity index (χ0n) is 18.9. The van der Waals surface area contributed by atoms with Crippen LogP contribution in [0.5, 0.6) is 11.6 Å². The maximum absolute atomic E-state index is 13.9. The van der Waals surface area contributed by atoms with Crippen LogP contribution in [0, 0.1) is 0 Å². The SMILES string of the molecule is CC[C@H](COc1c(Br)ccc2nc(OC(C)C)cc(C(F)(F)F)c12)NC(=O)OC(C)(C)C. The number of hydrogen-bond donors (Lipinski definition) is 1. The molecule has 1 heterocycles. The predicted octanol–water partition coefficient (Wildman–Crippen LogP) is 6.49. The van der Waals surface area contributed by atoms with Crippen LogP contribution >= 0.6 is 15.9 Å². The van der Waals surface area contributed by atoms with Crippen LogP contribution < -0.4 is 14.8 Å². The summed E-state index contributed by atoms with van der Waals surface area (Å²) < 4.78 is 58.5. The average molecular weight is 521 g/mol. The first-order chi connectivity index (χ1) is 14.7. The van der Waals surface area contributed by atoms with E-state index in [9.17, 15) is 18.0 Å². The molecule has 0 aliphatic heterocycles. The molecule has 178 valence electrons. The lowest BCUT2D eigenvalue weighted by molar-refractivity contribution is -0.136. The Kier molecular flexibility index (Phi) is 8.25. The second-order valence-electron chi connectivity index (χ2n) is 8.51. The van der Waals surface area contributed by atoms with Crippen LogP contribution in [0.25, 0.3) is 10.9 Å². The molecule has 0 spiro atoms. The molecule has 0 saturated heterocycles. The largest absolute Gasteiger partial charge is 0.490 e. The number of alkyl halides is 3. The first-order valence-corrected chi connectivity index (χ1v) is 11.0. The van der Waals surface area contributed by atoms with Crippen molar-refractivity contribution in [3.8, 4) is 11.6 Å². The van der Waals surface area contributed by atoms with Gasteiger partial charge < -0.3 is 19.5 Å². The van der Waals surface area contributed by atoms with E-state index in [1.165, 1.54) is 6.07 Å². The Morgan fingerprint density at radius 3 is 2.41 bits per heavy atom. The zero-order valence-corrected chi connectivity index (χ0v) is 20.5. The molecule has 2 aromatic rings. The second-order valence-corrected chi connectivity index (χ2v) is 9.36. The first-order valence-electron chi connectivity index (χ1n) is 10.2. The number of benzene rings is 1. The van der Waals surface area contributed by atoms with E-state index in [0.29, 0.717) is 10.9 Å². The van der Waals surface area contributed by atoms with Gasteiger partial charge in [0.1, 0.15) is 18.0 Å². The van der Waals surface area contributed by atoms with Gasteiger partial charge in [-0.15, -0.1) is 0 Å². The number of hydrogen-bond acceptors (Lipinski definition) is 5. The van der Waals surface area contributed by atoms with Crippen molar-refractivity contribution >= 4 is 32.9 Å². The van der Waals surface area contributed by atoms with Gasteiger partial charge in [0.15, 0.2) is 0 Å². The van der Waals surface area contributed by atoms with Crippen LogP contribution in [-0.4, -0.2) is 35.4 Å². The predicted molar refractivity (Wildman–Crippen MR) is 119 cm³/mol. The van der Waals surface area contributed by atoms with E-state index in [0.717, 1.165) is 6.07 Å². The summed E-state index contributed by atoms with van der Waals surface area (Å²) in [5.74, 6) is -0.131. The minimum atomic E-state index is -4.66. The Morgan fingerprint density at radius 1 is 1.22 bits per heavy atom. The van der Waals surface area contributed by atoms with Crippen LogP contribution in [0.4, 0.5) is 18.0 Å². The third-order valence-electron chi connectivity index (χ3n) is 4.16. The molecule has 1 aromatic carbocycles. The Hall–Kier alpha value is -2.23. The molecule has 1 amide bonds. The van der Waals surface area contributed by atoms with Crippen molar-refractivity contribution in [3.05, 3.63) is 28.2 Å². The van der Waals surface area contributed by atoms with Gasteiger partial charge in [0.25, 0.3) is 0 Å². The lowest BCUT2D eigenvalue weighted by Gasteiger charge is -2.24. The number of halogens is 4. The highest BCUT2D eigenvalue weighted by Crippen LogP contribution is 2.43. The Labute approximate surface area is 193 Å². The van der Waals surface area contributed by atoms with E-state index < -0.39 is 29.5 Å². The van der Waals surface area contributed by atoms with E-state index >= 15 is 0 Å². The van der Waals surface area contributed by atoms with Gasteiger partial charge in [-0.05, 0) is 69.1 Å². The number of carbonyl (C=O) groups is 1. The number of aromatic nitrogens is 1. The van der Waals surface area contributed by atoms with E-state index in [-0.39, 0.29) is 35.2 Å². The number of carbonyl (C=O) groups excluding carboxylic acids is 1. The summed E-state index contributed by atoms with van der Waals surface area (Å²) in [6.45, 7) is 10.4. The minimum Gasteiger partial charge on any atom is -0.490 e. The molecule has 1 aromatic heterocycles. The molecule has 1 atom stereocenters. The number of ether oxygens (including phenoxy) is 3. The summed E-state index contributed by atoms with van der Waals surface area (Å²) in [6.07, 6.45) is -5.14. The molecule has 0 bridgehead atoms. The Morgan fingerprint density at radius 2 is 1.88 bits per heavy atom. The fraction of sp³-hybridized carbons (Fsp3) is 0.545. The highest BCUT2D eigenvalue weighted by molar-refractivity contribution is 9.10. The average Bonchev–Trinajstić information content (AvgIpc) is 2.62. The molecule has 0 saturated carbocycles. The minimum absolute atomic E-state index is 0.0112. The third-order valence-corrected chi connectivity index (χ3v) is 4.78. The van der Waals surface area contributed by atoms with E-state index in [4.69, 9.17) is 14.2 Å². The summed E-state index contributed by atoms with van der Waals surface area (Å²) >= 11 is 3.28. The molecule has 0 radical (unpaired) electrons. The summed E-state index contributed by atoms with van der Waals surface area (Å²) in [5.41, 5.74) is -1.50. The van der Waals surface area contributed by atoms with Gasteiger partial charge in [0.2, 0.25) is 5.88 Å². The van der Waals surface area contributed by atoms with Crippen molar-refractivity contribution in [1.29, 1.82) is 0 Å². The smallest absolute Gasteiger partial charge is 0.417 e. The number of nitrogens with one attached hydrogen (secondary N) is 1. The number of rotatable bonds is 7. The number of pyridine rings is 1. The van der Waals surface area contributed by atoms with Gasteiger partial charge in [-0.1, -0.05) is 6.92 Å². The van der Waals surface area contributed by atoms with E-state index in [1.807, 2.05) is 6.92 Å². The molecule has 32 heavy (non-hydrogen) atoms. The van der Waals surface area contributed by atoms with Crippen LogP contribution in [0.15, 0.2) is 22.7 Å². The van der Waals surface area contributed by atoms with Gasteiger partial charge in [0.05, 0.1) is 33.1 Å². The summed E-state index contributed by atoms with van der Waals surface area (Å²) in [4.78, 5) is 16.3. The van der Waals surface area contributed by atoms with Crippen LogP contribution in [0.2, 0.25) is 0 Å². The van der Waals surface area contributed by atoms with Crippen molar-refractivity contribution in [2.45, 2.75) is 71.9 Å². The lowest BCUT2D eigenvalue weighted by Crippen LogP contribution is -2.41. The van der Waals surface area contributed by atoms with Crippen molar-refractivity contribution < 1.29 is 32.2 Å². The van der Waals surface area contributed by atoms with Gasteiger partial charge in [-0.25, -0.2) is 9.78 Å². The standard InChI is InChI=1S/C22H28BrF3N2O4/c1-7-13(27-20(29)32-21(4,5)6)11-30-19-15(23)8-9-16-18(19)14(22(24,25)26)10-17(28-16)31-12(2)3/h8-10,12-13H,7,11H2,1-6H3,(H,27,29)/t13-/m1/s1.